The minimum Gasteiger partial charge on any atom is -0.481 e. The summed E-state index contributed by atoms with van der Waals surface area (Å²) in [6, 6.07) is 8.59. The monoisotopic (exact) mass is 246 g/mol. The number of aliphatic carboxylic acids is 1. The molecular weight excluding hydrogens is 224 g/mol. The van der Waals surface area contributed by atoms with Crippen LogP contribution in [0.5, 0.6) is 0 Å². The quantitative estimate of drug-likeness (QED) is 0.856. The highest BCUT2D eigenvalue weighted by molar-refractivity contribution is 5.70. The van der Waals surface area contributed by atoms with Gasteiger partial charge in [-0.1, -0.05) is 45.0 Å². The third-order valence-electron chi connectivity index (χ3n) is 4.51. The van der Waals surface area contributed by atoms with Crippen LogP contribution in [0.15, 0.2) is 24.3 Å². The smallest absolute Gasteiger partial charge is 0.304 e. The van der Waals surface area contributed by atoms with Crippen molar-refractivity contribution in [3.05, 3.63) is 35.4 Å². The molecule has 1 aromatic rings. The van der Waals surface area contributed by atoms with E-state index in [0.717, 1.165) is 19.3 Å². The molecule has 2 nitrogen and oxygen atoms in total. The number of benzene rings is 1. The molecule has 0 aromatic heterocycles. The molecule has 1 fully saturated rings. The summed E-state index contributed by atoms with van der Waals surface area (Å²) in [5.74, 6) is -0.689. The topological polar surface area (TPSA) is 37.3 Å². The maximum Gasteiger partial charge on any atom is 0.304 e. The fourth-order valence-corrected chi connectivity index (χ4v) is 2.49. The minimum atomic E-state index is -0.689. The first-order valence-electron chi connectivity index (χ1n) is 6.72. The molecular formula is C16H22O2. The molecule has 1 aliphatic carbocycles. The first-order chi connectivity index (χ1) is 8.39. The zero-order valence-corrected chi connectivity index (χ0v) is 11.5. The highest BCUT2D eigenvalue weighted by Gasteiger charge is 2.45. The average molecular weight is 246 g/mol. The van der Waals surface area contributed by atoms with E-state index in [2.05, 4.69) is 45.0 Å². The average Bonchev–Trinajstić information content (AvgIpc) is 3.09. The third-order valence-corrected chi connectivity index (χ3v) is 4.51. The van der Waals surface area contributed by atoms with Crippen molar-refractivity contribution < 1.29 is 9.90 Å². The Hall–Kier alpha value is -1.31. The fraction of sp³-hybridized carbons (Fsp3) is 0.562. The second kappa shape index (κ2) is 4.42. The molecule has 1 N–H and O–H groups in total. The number of hydrogen-bond donors (Lipinski definition) is 1. The van der Waals surface area contributed by atoms with Crippen LogP contribution in [0.25, 0.3) is 0 Å². The third kappa shape index (κ3) is 2.43. The molecule has 0 heterocycles. The Morgan fingerprint density at radius 3 is 2.22 bits per heavy atom. The summed E-state index contributed by atoms with van der Waals surface area (Å²) in [5.41, 5.74) is 2.66. The molecule has 98 valence electrons. The zero-order valence-electron chi connectivity index (χ0n) is 11.5. The van der Waals surface area contributed by atoms with E-state index in [-0.39, 0.29) is 17.3 Å². The Bertz CT molecular complexity index is 439. The lowest BCUT2D eigenvalue weighted by atomic mass is 9.81. The predicted octanol–water partition coefficient (Wildman–Crippen LogP) is 3.88. The molecule has 0 atom stereocenters. The SMILES string of the molecule is CCC(C)(C)c1ccc(C2(CC(=O)O)CC2)cc1. The van der Waals surface area contributed by atoms with E-state index in [1.54, 1.807) is 0 Å². The largest absolute Gasteiger partial charge is 0.481 e. The molecule has 1 aliphatic rings. The standard InChI is InChI=1S/C16H22O2/c1-4-15(2,3)12-5-7-13(8-6-12)16(9-10-16)11-14(17)18/h5-8H,4,9-11H2,1-3H3,(H,17,18). The van der Waals surface area contributed by atoms with Crippen molar-refractivity contribution in [2.24, 2.45) is 0 Å². The van der Waals surface area contributed by atoms with Crippen LogP contribution in [0.4, 0.5) is 0 Å². The van der Waals surface area contributed by atoms with Crippen molar-refractivity contribution >= 4 is 5.97 Å². The van der Waals surface area contributed by atoms with Crippen LogP contribution in [0.1, 0.15) is 57.6 Å². The van der Waals surface area contributed by atoms with E-state index in [1.807, 2.05) is 0 Å². The van der Waals surface area contributed by atoms with E-state index in [0.29, 0.717) is 0 Å². The van der Waals surface area contributed by atoms with Crippen LogP contribution in [-0.4, -0.2) is 11.1 Å². The lowest BCUT2D eigenvalue weighted by Crippen LogP contribution is -2.17. The van der Waals surface area contributed by atoms with Gasteiger partial charge < -0.3 is 5.11 Å². The molecule has 2 rings (SSSR count). The Morgan fingerprint density at radius 2 is 1.83 bits per heavy atom. The van der Waals surface area contributed by atoms with Crippen LogP contribution in [0, 0.1) is 0 Å². The summed E-state index contributed by atoms with van der Waals surface area (Å²) >= 11 is 0. The van der Waals surface area contributed by atoms with Gasteiger partial charge in [0.2, 0.25) is 0 Å². The van der Waals surface area contributed by atoms with Gasteiger partial charge in [-0.2, -0.15) is 0 Å². The second-order valence-corrected chi connectivity index (χ2v) is 6.17. The Balaban J connectivity index is 2.21. The van der Waals surface area contributed by atoms with Gasteiger partial charge in [-0.05, 0) is 35.8 Å². The highest BCUT2D eigenvalue weighted by Crippen LogP contribution is 2.51. The molecule has 18 heavy (non-hydrogen) atoms. The first-order valence-corrected chi connectivity index (χ1v) is 6.72. The van der Waals surface area contributed by atoms with Crippen molar-refractivity contribution in [1.29, 1.82) is 0 Å². The number of carboxylic acid groups (broad SMARTS) is 1. The Labute approximate surface area is 109 Å². The molecule has 1 saturated carbocycles. The number of rotatable bonds is 5. The van der Waals surface area contributed by atoms with Crippen LogP contribution in [0.3, 0.4) is 0 Å². The minimum absolute atomic E-state index is 0.0687. The van der Waals surface area contributed by atoms with Crippen molar-refractivity contribution in [2.75, 3.05) is 0 Å². The Morgan fingerprint density at radius 1 is 1.28 bits per heavy atom. The van der Waals surface area contributed by atoms with E-state index in [4.69, 9.17) is 5.11 Å². The first kappa shape index (κ1) is 13.1. The van der Waals surface area contributed by atoms with Crippen molar-refractivity contribution in [2.45, 2.75) is 57.3 Å². The van der Waals surface area contributed by atoms with E-state index in [9.17, 15) is 4.79 Å². The number of hydrogen-bond acceptors (Lipinski definition) is 1. The molecule has 0 saturated heterocycles. The molecule has 0 unspecified atom stereocenters. The van der Waals surface area contributed by atoms with E-state index in [1.165, 1.54) is 11.1 Å². The summed E-state index contributed by atoms with van der Waals surface area (Å²) in [7, 11) is 0. The van der Waals surface area contributed by atoms with Crippen LogP contribution in [-0.2, 0) is 15.6 Å². The Kier molecular flexibility index (Phi) is 3.22. The second-order valence-electron chi connectivity index (χ2n) is 6.17. The zero-order chi connectivity index (χ0) is 13.4. The van der Waals surface area contributed by atoms with E-state index < -0.39 is 5.97 Å². The van der Waals surface area contributed by atoms with Gasteiger partial charge >= 0.3 is 5.97 Å². The summed E-state index contributed by atoms with van der Waals surface area (Å²) in [6.45, 7) is 6.68. The van der Waals surface area contributed by atoms with Gasteiger partial charge in [-0.25, -0.2) is 0 Å². The van der Waals surface area contributed by atoms with Gasteiger partial charge in [-0.3, -0.25) is 4.79 Å². The summed E-state index contributed by atoms with van der Waals surface area (Å²) in [4.78, 5) is 10.9. The molecule has 0 aliphatic heterocycles. The summed E-state index contributed by atoms with van der Waals surface area (Å²) in [5, 5.41) is 8.97. The van der Waals surface area contributed by atoms with Gasteiger partial charge in [0.1, 0.15) is 0 Å². The molecule has 0 spiro atoms. The lowest BCUT2D eigenvalue weighted by Gasteiger charge is -2.24. The van der Waals surface area contributed by atoms with Crippen LogP contribution in [0.2, 0.25) is 0 Å². The normalized spacial score (nSPS) is 17.5. The summed E-state index contributed by atoms with van der Waals surface area (Å²) in [6.07, 6.45) is 3.39. The van der Waals surface area contributed by atoms with Gasteiger partial charge in [0.15, 0.2) is 0 Å². The molecule has 1 aromatic carbocycles. The summed E-state index contributed by atoms with van der Waals surface area (Å²) < 4.78 is 0. The van der Waals surface area contributed by atoms with Crippen molar-refractivity contribution in [3.63, 3.8) is 0 Å². The van der Waals surface area contributed by atoms with Gasteiger partial charge in [0, 0.05) is 5.41 Å². The molecule has 0 bridgehead atoms. The maximum absolute atomic E-state index is 10.9. The number of carboxylic acids is 1. The van der Waals surface area contributed by atoms with Gasteiger partial charge in [-0.15, -0.1) is 0 Å². The van der Waals surface area contributed by atoms with Crippen molar-refractivity contribution in [3.8, 4) is 0 Å². The highest BCUT2D eigenvalue weighted by atomic mass is 16.4. The molecule has 2 heteroatoms. The lowest BCUT2D eigenvalue weighted by molar-refractivity contribution is -0.137. The van der Waals surface area contributed by atoms with Crippen molar-refractivity contribution in [1.82, 2.24) is 0 Å². The number of carbonyl (C=O) groups is 1. The van der Waals surface area contributed by atoms with E-state index >= 15 is 0 Å². The molecule has 0 radical (unpaired) electrons. The van der Waals surface area contributed by atoms with Crippen LogP contribution >= 0.6 is 0 Å². The van der Waals surface area contributed by atoms with Gasteiger partial charge in [0.25, 0.3) is 0 Å². The predicted molar refractivity (Wildman–Crippen MR) is 72.9 cm³/mol. The maximum atomic E-state index is 10.9. The fourth-order valence-electron chi connectivity index (χ4n) is 2.49. The van der Waals surface area contributed by atoms with Crippen LogP contribution < -0.4 is 0 Å². The van der Waals surface area contributed by atoms with Gasteiger partial charge in [0.05, 0.1) is 6.42 Å². The molecule has 0 amide bonds.